The molecule has 0 spiro atoms. The maximum absolute atomic E-state index is 10.4. The zero-order valence-electron chi connectivity index (χ0n) is 6.39. The maximum Gasteiger partial charge on any atom is 0.349 e. The first-order valence-corrected chi connectivity index (χ1v) is 5.02. The molecule has 14 heavy (non-hydrogen) atoms. The Labute approximate surface area is 81.2 Å². The molecule has 0 aromatic rings. The summed E-state index contributed by atoms with van der Waals surface area (Å²) in [5.41, 5.74) is 9.00. The molecule has 0 bridgehead atoms. The highest BCUT2D eigenvalue weighted by Crippen LogP contribution is 1.97. The van der Waals surface area contributed by atoms with E-state index in [9.17, 15) is 26.4 Å². The van der Waals surface area contributed by atoms with E-state index in [0.717, 1.165) is 0 Å². The van der Waals surface area contributed by atoms with E-state index >= 15 is 0 Å². The van der Waals surface area contributed by atoms with Crippen LogP contribution < -0.4 is 11.5 Å². The number of thiol groups is 2. The van der Waals surface area contributed by atoms with Gasteiger partial charge in [-0.25, -0.2) is 26.4 Å². The lowest BCUT2D eigenvalue weighted by atomic mass is 11.0. The summed E-state index contributed by atoms with van der Waals surface area (Å²) in [6.45, 7) is 0. The van der Waals surface area contributed by atoms with E-state index in [0.29, 0.717) is 0 Å². The quantitative estimate of drug-likeness (QED) is 0.295. The summed E-state index contributed by atoms with van der Waals surface area (Å²) in [6.07, 6.45) is 0. The molecule has 0 aromatic carbocycles. The average Bonchev–Trinajstić information content (AvgIpc) is 1.96. The zero-order valence-corrected chi connectivity index (χ0v) is 8.18. The number of rotatable bonds is 2. The monoisotopic (exact) mass is 246 g/mol. The molecule has 0 aliphatic rings. The van der Waals surface area contributed by atoms with E-state index in [4.69, 9.17) is 0 Å². The molecule has 0 rings (SSSR count). The van der Waals surface area contributed by atoms with Crippen molar-refractivity contribution in [3.8, 4) is 0 Å². The van der Waals surface area contributed by atoms with Gasteiger partial charge >= 0.3 is 12.1 Å². The predicted molar refractivity (Wildman–Crippen MR) is 43.5 cm³/mol. The maximum atomic E-state index is 10.4. The van der Waals surface area contributed by atoms with Crippen molar-refractivity contribution in [1.82, 2.24) is 8.83 Å². The van der Waals surface area contributed by atoms with Crippen LogP contribution in [0.1, 0.15) is 0 Å². The van der Waals surface area contributed by atoms with Crippen LogP contribution in [-0.4, -0.2) is 37.7 Å². The third kappa shape index (κ3) is 2.74. The number of carbonyl (C=O) groups is 2. The molecular formula is C2H6N4O6S2. The summed E-state index contributed by atoms with van der Waals surface area (Å²) in [6, 6.07) is -3.33. The second-order valence-electron chi connectivity index (χ2n) is 1.73. The number of primary amides is 2. The number of urea groups is 2. The van der Waals surface area contributed by atoms with Crippen LogP contribution in [0.5, 0.6) is 0 Å². The first-order valence-electron chi connectivity index (χ1n) is 2.76. The van der Waals surface area contributed by atoms with Gasteiger partial charge in [-0.15, -0.1) is 8.83 Å². The lowest BCUT2D eigenvalue weighted by Crippen LogP contribution is -2.52. The van der Waals surface area contributed by atoms with Crippen molar-refractivity contribution in [2.75, 3.05) is 0 Å². The Morgan fingerprint density at radius 1 is 0.786 bits per heavy atom. The van der Waals surface area contributed by atoms with Crippen molar-refractivity contribution in [2.45, 2.75) is 0 Å². The van der Waals surface area contributed by atoms with E-state index in [2.05, 4.69) is 11.5 Å². The Hall–Kier alpha value is -1.56. The fraction of sp³-hybridized carbons (Fsp3) is 0. The highest BCUT2D eigenvalue weighted by atomic mass is 32.2. The van der Waals surface area contributed by atoms with Crippen molar-refractivity contribution in [3.05, 3.63) is 0 Å². The highest BCUT2D eigenvalue weighted by Gasteiger charge is 2.27. The second-order valence-corrected chi connectivity index (χ2v) is 3.44. The number of carbonyl (C=O) groups excluding carboxylic acids is 2. The Balaban J connectivity index is 5.35. The van der Waals surface area contributed by atoms with Crippen molar-refractivity contribution in [1.29, 1.82) is 0 Å². The second kappa shape index (κ2) is 4.61. The summed E-state index contributed by atoms with van der Waals surface area (Å²) in [5.74, 6) is 0. The van der Waals surface area contributed by atoms with Crippen LogP contribution in [0.25, 0.3) is 0 Å². The van der Waals surface area contributed by atoms with Crippen LogP contribution in [0, 0.1) is 0 Å². The van der Waals surface area contributed by atoms with Gasteiger partial charge < -0.3 is 11.5 Å². The van der Waals surface area contributed by atoms with Gasteiger partial charge in [-0.1, -0.05) is 0 Å². The Kier molecular flexibility index (Phi) is 4.10. The van der Waals surface area contributed by atoms with Gasteiger partial charge in [0.25, 0.3) is 0 Å². The third-order valence-electron chi connectivity index (χ3n) is 0.883. The zero-order chi connectivity index (χ0) is 11.5. The molecule has 0 aliphatic carbocycles. The summed E-state index contributed by atoms with van der Waals surface area (Å²) >= 11 is 0. The van der Waals surface area contributed by atoms with E-state index in [1.807, 2.05) is 0 Å². The van der Waals surface area contributed by atoms with Gasteiger partial charge in [0.1, 0.15) is 0 Å². The topological polar surface area (TPSA) is 161 Å². The van der Waals surface area contributed by atoms with Crippen molar-refractivity contribution in [2.24, 2.45) is 11.5 Å². The molecule has 12 heteroatoms. The number of hydrogen-bond acceptors (Lipinski definition) is 6. The van der Waals surface area contributed by atoms with Crippen LogP contribution in [0.4, 0.5) is 9.59 Å². The number of nitrogens with two attached hydrogens (primary N) is 2. The Morgan fingerprint density at radius 3 is 1.07 bits per heavy atom. The Morgan fingerprint density at radius 2 is 1.00 bits per heavy atom. The van der Waals surface area contributed by atoms with Crippen LogP contribution in [0.2, 0.25) is 0 Å². The molecule has 4 amide bonds. The SMILES string of the molecule is NC(=O)N(N(C(N)=O)[SH](=O)=O)[SH](=O)=O. The van der Waals surface area contributed by atoms with Gasteiger partial charge in [0.15, 0.2) is 0 Å². The molecule has 0 radical (unpaired) electrons. The summed E-state index contributed by atoms with van der Waals surface area (Å²) in [7, 11) is -7.42. The van der Waals surface area contributed by atoms with Gasteiger partial charge in [0.05, 0.1) is 0 Å². The van der Waals surface area contributed by atoms with E-state index in [1.165, 1.54) is 0 Å². The molecule has 0 aliphatic heterocycles. The van der Waals surface area contributed by atoms with E-state index in [-0.39, 0.29) is 0 Å². The number of hydrazine groups is 1. The molecule has 0 saturated carbocycles. The first kappa shape index (κ1) is 12.4. The molecule has 82 valence electrons. The minimum atomic E-state index is -3.71. The predicted octanol–water partition coefficient (Wildman–Crippen LogP) is -3.28. The highest BCUT2D eigenvalue weighted by molar-refractivity contribution is 7.73. The van der Waals surface area contributed by atoms with Crippen LogP contribution in [-0.2, 0) is 21.8 Å². The third-order valence-corrected chi connectivity index (χ3v) is 2.39. The van der Waals surface area contributed by atoms with Gasteiger partial charge in [-0.05, 0) is 0 Å². The lowest BCUT2D eigenvalue weighted by Gasteiger charge is -2.19. The largest absolute Gasteiger partial charge is 0.349 e. The molecule has 0 unspecified atom stereocenters. The lowest BCUT2D eigenvalue weighted by molar-refractivity contribution is 0.172. The fourth-order valence-corrected chi connectivity index (χ4v) is 1.65. The van der Waals surface area contributed by atoms with Gasteiger partial charge in [0, 0.05) is 0 Å². The van der Waals surface area contributed by atoms with Gasteiger partial charge in [-0.3, -0.25) is 0 Å². The Bertz CT molecular complexity index is 343. The van der Waals surface area contributed by atoms with E-state index < -0.39 is 42.7 Å². The number of nitrogens with zero attached hydrogens (tertiary/aromatic N) is 2. The molecule has 10 nitrogen and oxygen atoms in total. The molecular weight excluding hydrogens is 240 g/mol. The number of hydrogen-bond donors (Lipinski definition) is 4. The van der Waals surface area contributed by atoms with Crippen molar-refractivity contribution >= 4 is 33.8 Å². The minimum absolute atomic E-state index is 0.497. The molecule has 0 atom stereocenters. The summed E-state index contributed by atoms with van der Waals surface area (Å²) in [4.78, 5) is 20.9. The van der Waals surface area contributed by atoms with Gasteiger partial charge in [-0.2, -0.15) is 0 Å². The smallest absolute Gasteiger partial charge is 0.349 e. The van der Waals surface area contributed by atoms with Gasteiger partial charge in [0.2, 0.25) is 21.8 Å². The fourth-order valence-electron chi connectivity index (χ4n) is 0.486. The van der Waals surface area contributed by atoms with Crippen molar-refractivity contribution in [3.63, 3.8) is 0 Å². The van der Waals surface area contributed by atoms with Crippen LogP contribution in [0.3, 0.4) is 0 Å². The normalized spacial score (nSPS) is 10.1. The van der Waals surface area contributed by atoms with Crippen molar-refractivity contribution < 1.29 is 26.4 Å². The molecule has 0 heterocycles. The standard InChI is InChI=1S/C2H6N4O6S2/c3-1(7)5(13(9)10)6(2(4)8)14(11)12/h13-14H,(H2,3,7)(H2,4,8). The molecule has 0 aromatic heterocycles. The molecule has 0 fully saturated rings. The average molecular weight is 246 g/mol. The summed E-state index contributed by atoms with van der Waals surface area (Å²) in [5, 5.41) is 0. The molecule has 4 N–H and O–H groups in total. The number of amides is 4. The summed E-state index contributed by atoms with van der Waals surface area (Å²) < 4.78 is 40.4. The first-order chi connectivity index (χ1) is 6.29. The minimum Gasteiger partial charge on any atom is -0.349 e. The van der Waals surface area contributed by atoms with E-state index in [1.54, 1.807) is 0 Å². The van der Waals surface area contributed by atoms with Crippen LogP contribution >= 0.6 is 0 Å². The van der Waals surface area contributed by atoms with Crippen LogP contribution in [0.15, 0.2) is 0 Å². The molecule has 0 saturated heterocycles.